The standard InChI is InChI=1S/C17H19NO4S/c1-2-13(19)17(20)12-9-15-14(21-10-22-15)8-11(12)5-7-18-6-3-4-16(18)23/h8-9H,2-7,10H2,1H3. The van der Waals surface area contributed by atoms with Gasteiger partial charge in [0.2, 0.25) is 18.4 Å². The molecule has 23 heavy (non-hydrogen) atoms. The van der Waals surface area contributed by atoms with Gasteiger partial charge in [-0.05, 0) is 37.0 Å². The van der Waals surface area contributed by atoms with Gasteiger partial charge in [0.1, 0.15) is 0 Å². The Hall–Kier alpha value is -1.95. The van der Waals surface area contributed by atoms with Crippen LogP contribution in [0.4, 0.5) is 0 Å². The van der Waals surface area contributed by atoms with Gasteiger partial charge in [-0.15, -0.1) is 0 Å². The van der Waals surface area contributed by atoms with E-state index in [9.17, 15) is 9.59 Å². The number of nitrogens with zero attached hydrogens (tertiary/aromatic N) is 1. The van der Waals surface area contributed by atoms with E-state index in [1.165, 1.54) is 0 Å². The number of carbonyl (C=O) groups is 2. The highest BCUT2D eigenvalue weighted by Gasteiger charge is 2.25. The summed E-state index contributed by atoms with van der Waals surface area (Å²) in [6, 6.07) is 3.45. The molecule has 0 amide bonds. The number of hydrogen-bond donors (Lipinski definition) is 0. The number of fused-ring (bicyclic) bond motifs is 1. The predicted octanol–water partition coefficient (Wildman–Crippen LogP) is 2.54. The molecule has 0 saturated carbocycles. The van der Waals surface area contributed by atoms with Gasteiger partial charge in [0.15, 0.2) is 11.5 Å². The van der Waals surface area contributed by atoms with Crippen LogP contribution in [0.5, 0.6) is 11.5 Å². The second-order valence-electron chi connectivity index (χ2n) is 5.70. The molecule has 3 rings (SSSR count). The first-order valence-corrected chi connectivity index (χ1v) is 8.28. The fraction of sp³-hybridized carbons (Fsp3) is 0.471. The maximum absolute atomic E-state index is 12.4. The zero-order chi connectivity index (χ0) is 16.4. The Kier molecular flexibility index (Phi) is 4.61. The van der Waals surface area contributed by atoms with Crippen LogP contribution < -0.4 is 9.47 Å². The van der Waals surface area contributed by atoms with Crippen molar-refractivity contribution in [3.8, 4) is 11.5 Å². The average Bonchev–Trinajstić information content (AvgIpc) is 3.18. The van der Waals surface area contributed by atoms with E-state index in [0.29, 0.717) is 23.5 Å². The molecule has 0 spiro atoms. The molecule has 0 N–H and O–H groups in total. The summed E-state index contributed by atoms with van der Waals surface area (Å²) in [5.74, 6) is 0.314. The predicted molar refractivity (Wildman–Crippen MR) is 89.3 cm³/mol. The van der Waals surface area contributed by atoms with Crippen molar-refractivity contribution in [1.82, 2.24) is 4.90 Å². The molecule has 6 heteroatoms. The minimum atomic E-state index is -0.454. The first-order chi connectivity index (χ1) is 11.1. The largest absolute Gasteiger partial charge is 0.454 e. The molecule has 1 saturated heterocycles. The van der Waals surface area contributed by atoms with Crippen LogP contribution in [0.2, 0.25) is 0 Å². The molecule has 0 radical (unpaired) electrons. The summed E-state index contributed by atoms with van der Waals surface area (Å²) < 4.78 is 10.7. The zero-order valence-electron chi connectivity index (χ0n) is 13.1. The van der Waals surface area contributed by atoms with Gasteiger partial charge in [0.25, 0.3) is 0 Å². The molecule has 2 aliphatic rings. The molecule has 1 aromatic carbocycles. The first kappa shape index (κ1) is 15.9. The third-order valence-electron chi connectivity index (χ3n) is 4.24. The molecule has 122 valence electrons. The lowest BCUT2D eigenvalue weighted by atomic mass is 9.97. The summed E-state index contributed by atoms with van der Waals surface area (Å²) in [6.07, 6.45) is 2.88. The minimum absolute atomic E-state index is 0.143. The van der Waals surface area contributed by atoms with Crippen LogP contribution >= 0.6 is 12.2 Å². The number of thiocarbonyl (C=S) groups is 1. The van der Waals surface area contributed by atoms with Crippen LogP contribution in [0.15, 0.2) is 12.1 Å². The Morgan fingerprint density at radius 1 is 1.26 bits per heavy atom. The van der Waals surface area contributed by atoms with Crippen molar-refractivity contribution in [2.75, 3.05) is 19.9 Å². The molecular weight excluding hydrogens is 314 g/mol. The van der Waals surface area contributed by atoms with Crippen LogP contribution in [-0.2, 0) is 11.2 Å². The fourth-order valence-electron chi connectivity index (χ4n) is 2.91. The molecule has 0 unspecified atom stereocenters. The smallest absolute Gasteiger partial charge is 0.231 e. The minimum Gasteiger partial charge on any atom is -0.454 e. The van der Waals surface area contributed by atoms with Crippen LogP contribution in [0.25, 0.3) is 0 Å². The van der Waals surface area contributed by atoms with E-state index in [4.69, 9.17) is 21.7 Å². The molecule has 0 bridgehead atoms. The van der Waals surface area contributed by atoms with Crippen molar-refractivity contribution >= 4 is 28.8 Å². The monoisotopic (exact) mass is 333 g/mol. The quantitative estimate of drug-likeness (QED) is 0.453. The van der Waals surface area contributed by atoms with Gasteiger partial charge in [-0.3, -0.25) is 9.59 Å². The lowest BCUT2D eigenvalue weighted by molar-refractivity contribution is -0.114. The summed E-state index contributed by atoms with van der Waals surface area (Å²) in [5, 5.41) is 0. The van der Waals surface area contributed by atoms with Crippen LogP contribution in [0.1, 0.15) is 42.1 Å². The number of Topliss-reactive ketones (excluding diaryl/α,β-unsaturated/α-hetero) is 2. The zero-order valence-corrected chi connectivity index (χ0v) is 13.9. The normalized spacial score (nSPS) is 16.0. The highest BCUT2D eigenvalue weighted by molar-refractivity contribution is 7.80. The highest BCUT2D eigenvalue weighted by atomic mass is 32.1. The average molecular weight is 333 g/mol. The van der Waals surface area contributed by atoms with Gasteiger partial charge in [-0.2, -0.15) is 0 Å². The Morgan fingerprint density at radius 2 is 2.00 bits per heavy atom. The lowest BCUT2D eigenvalue weighted by Gasteiger charge is -2.18. The molecule has 2 aliphatic heterocycles. The maximum atomic E-state index is 12.4. The van der Waals surface area contributed by atoms with Crippen molar-refractivity contribution in [2.45, 2.75) is 32.6 Å². The summed E-state index contributed by atoms with van der Waals surface area (Å²) in [4.78, 5) is 27.3. The third kappa shape index (κ3) is 3.22. The number of carbonyl (C=O) groups excluding carboxylic acids is 2. The van der Waals surface area contributed by atoms with Crippen molar-refractivity contribution in [2.24, 2.45) is 0 Å². The van der Waals surface area contributed by atoms with Crippen molar-refractivity contribution < 1.29 is 19.1 Å². The van der Waals surface area contributed by atoms with Crippen molar-refractivity contribution in [3.63, 3.8) is 0 Å². The highest BCUT2D eigenvalue weighted by Crippen LogP contribution is 2.35. The molecule has 0 atom stereocenters. The van der Waals surface area contributed by atoms with Crippen molar-refractivity contribution in [3.05, 3.63) is 23.3 Å². The van der Waals surface area contributed by atoms with Crippen LogP contribution in [0, 0.1) is 0 Å². The van der Waals surface area contributed by atoms with E-state index >= 15 is 0 Å². The molecule has 1 aromatic rings. The SMILES string of the molecule is CCC(=O)C(=O)c1cc2c(cc1CCN1CCCC1=S)OCO2. The second kappa shape index (κ2) is 6.66. The Bertz CT molecular complexity index is 671. The molecule has 5 nitrogen and oxygen atoms in total. The van der Waals surface area contributed by atoms with E-state index in [-0.39, 0.29) is 19.0 Å². The third-order valence-corrected chi connectivity index (χ3v) is 4.70. The van der Waals surface area contributed by atoms with Gasteiger partial charge in [-0.1, -0.05) is 19.1 Å². The topological polar surface area (TPSA) is 55.8 Å². The maximum Gasteiger partial charge on any atom is 0.231 e. The van der Waals surface area contributed by atoms with Crippen molar-refractivity contribution in [1.29, 1.82) is 0 Å². The molecule has 0 aliphatic carbocycles. The molecule has 2 heterocycles. The lowest BCUT2D eigenvalue weighted by Crippen LogP contribution is -2.26. The van der Waals surface area contributed by atoms with Gasteiger partial charge in [-0.25, -0.2) is 0 Å². The van der Waals surface area contributed by atoms with E-state index in [2.05, 4.69) is 4.90 Å². The van der Waals surface area contributed by atoms with E-state index in [1.54, 1.807) is 13.0 Å². The first-order valence-electron chi connectivity index (χ1n) is 7.88. The van der Waals surface area contributed by atoms with Gasteiger partial charge >= 0.3 is 0 Å². The Balaban J connectivity index is 1.86. The summed E-state index contributed by atoms with van der Waals surface area (Å²) in [7, 11) is 0. The molecule has 0 aromatic heterocycles. The van der Waals surface area contributed by atoms with Gasteiger partial charge < -0.3 is 14.4 Å². The number of likely N-dealkylation sites (tertiary alicyclic amines) is 1. The van der Waals surface area contributed by atoms with Gasteiger partial charge in [0, 0.05) is 25.1 Å². The molecular formula is C17H19NO4S. The van der Waals surface area contributed by atoms with Crippen LogP contribution in [0.3, 0.4) is 0 Å². The van der Waals surface area contributed by atoms with E-state index < -0.39 is 5.78 Å². The number of rotatable bonds is 6. The van der Waals surface area contributed by atoms with E-state index in [1.807, 2.05) is 6.07 Å². The number of ether oxygens (including phenoxy) is 2. The van der Waals surface area contributed by atoms with E-state index in [0.717, 1.165) is 36.5 Å². The number of benzene rings is 1. The summed E-state index contributed by atoms with van der Waals surface area (Å²) in [5.41, 5.74) is 1.24. The number of ketones is 2. The summed E-state index contributed by atoms with van der Waals surface area (Å²) in [6.45, 7) is 3.54. The Morgan fingerprint density at radius 3 is 2.65 bits per heavy atom. The fourth-order valence-corrected chi connectivity index (χ4v) is 3.24. The summed E-state index contributed by atoms with van der Waals surface area (Å²) >= 11 is 5.34. The van der Waals surface area contributed by atoms with Crippen LogP contribution in [-0.4, -0.2) is 41.3 Å². The second-order valence-corrected chi connectivity index (χ2v) is 6.17. The molecule has 1 fully saturated rings. The Labute approximate surface area is 140 Å². The number of hydrogen-bond acceptors (Lipinski definition) is 5. The van der Waals surface area contributed by atoms with Gasteiger partial charge in [0.05, 0.1) is 4.99 Å².